The van der Waals surface area contributed by atoms with Gasteiger partial charge in [-0.2, -0.15) is 5.26 Å². The van der Waals surface area contributed by atoms with Crippen molar-refractivity contribution in [2.45, 2.75) is 44.7 Å². The molecule has 0 spiro atoms. The fraction of sp³-hybridized carbons (Fsp3) is 0.800. The number of hydrogen-bond acceptors (Lipinski definition) is 3. The molecule has 3 atom stereocenters. The minimum Gasteiger partial charge on any atom is -0.340 e. The van der Waals surface area contributed by atoms with E-state index < -0.39 is 6.04 Å². The first-order chi connectivity index (χ1) is 6.65. The molecule has 0 aromatic rings. The zero-order chi connectivity index (χ0) is 10.6. The first-order valence-corrected chi connectivity index (χ1v) is 5.10. The van der Waals surface area contributed by atoms with Gasteiger partial charge < -0.3 is 11.1 Å². The van der Waals surface area contributed by atoms with E-state index in [-0.39, 0.29) is 17.9 Å². The molecule has 0 bridgehead atoms. The topological polar surface area (TPSA) is 78.9 Å². The zero-order valence-corrected chi connectivity index (χ0v) is 8.49. The number of carbonyl (C=O) groups is 1. The number of carbonyl (C=O) groups excluding carboxylic acids is 1. The molecular formula is C10H17N3O. The Labute approximate surface area is 84.5 Å². The van der Waals surface area contributed by atoms with Gasteiger partial charge in [-0.3, -0.25) is 4.79 Å². The molecule has 1 fully saturated rings. The van der Waals surface area contributed by atoms with E-state index in [2.05, 4.69) is 5.32 Å². The smallest absolute Gasteiger partial charge is 0.225 e. The van der Waals surface area contributed by atoms with Crippen molar-refractivity contribution in [3.8, 4) is 6.07 Å². The van der Waals surface area contributed by atoms with Crippen molar-refractivity contribution < 1.29 is 4.79 Å². The molecule has 0 aromatic carbocycles. The van der Waals surface area contributed by atoms with Crippen LogP contribution in [0.4, 0.5) is 0 Å². The Bertz CT molecular complexity index is 246. The highest BCUT2D eigenvalue weighted by molar-refractivity contribution is 5.80. The third kappa shape index (κ3) is 2.71. The summed E-state index contributed by atoms with van der Waals surface area (Å²) in [6.45, 7) is 1.67. The van der Waals surface area contributed by atoms with E-state index in [1.165, 1.54) is 0 Å². The van der Waals surface area contributed by atoms with Gasteiger partial charge >= 0.3 is 0 Å². The first kappa shape index (κ1) is 11.0. The standard InChI is InChI=1S/C10H17N3O/c1-7(6-11)13-10(14)8-4-2-3-5-9(8)12/h7-9H,2-5,12H2,1H3,(H,13,14)/t7?,8-,9+/m1/s1. The number of amides is 1. The van der Waals surface area contributed by atoms with Gasteiger partial charge in [0.2, 0.25) is 5.91 Å². The van der Waals surface area contributed by atoms with Crippen molar-refractivity contribution in [3.63, 3.8) is 0 Å². The van der Waals surface area contributed by atoms with Gasteiger partial charge in [0, 0.05) is 6.04 Å². The van der Waals surface area contributed by atoms with Crippen LogP contribution in [-0.2, 0) is 4.79 Å². The molecule has 1 saturated carbocycles. The predicted octanol–water partition coefficient (Wildman–Crippen LogP) is 0.532. The van der Waals surface area contributed by atoms with Crippen molar-refractivity contribution in [2.75, 3.05) is 0 Å². The van der Waals surface area contributed by atoms with Gasteiger partial charge in [-0.1, -0.05) is 12.8 Å². The lowest BCUT2D eigenvalue weighted by molar-refractivity contribution is -0.126. The molecule has 1 aliphatic rings. The van der Waals surface area contributed by atoms with Crippen molar-refractivity contribution >= 4 is 5.91 Å². The Hall–Kier alpha value is -1.08. The molecule has 0 saturated heterocycles. The van der Waals surface area contributed by atoms with Crippen LogP contribution in [0.3, 0.4) is 0 Å². The van der Waals surface area contributed by atoms with Gasteiger partial charge in [-0.15, -0.1) is 0 Å². The van der Waals surface area contributed by atoms with Crippen LogP contribution in [0.15, 0.2) is 0 Å². The number of hydrogen-bond donors (Lipinski definition) is 2. The second-order valence-electron chi connectivity index (χ2n) is 3.91. The first-order valence-electron chi connectivity index (χ1n) is 5.10. The third-order valence-corrected chi connectivity index (χ3v) is 2.71. The van der Waals surface area contributed by atoms with E-state index in [1.54, 1.807) is 6.92 Å². The van der Waals surface area contributed by atoms with Crippen LogP contribution >= 0.6 is 0 Å². The minimum atomic E-state index is -0.420. The van der Waals surface area contributed by atoms with E-state index in [0.29, 0.717) is 0 Å². The molecule has 4 heteroatoms. The van der Waals surface area contributed by atoms with E-state index in [4.69, 9.17) is 11.0 Å². The molecule has 3 N–H and O–H groups in total. The predicted molar refractivity (Wildman–Crippen MR) is 53.2 cm³/mol. The maximum atomic E-state index is 11.6. The Morgan fingerprint density at radius 2 is 2.21 bits per heavy atom. The summed E-state index contributed by atoms with van der Waals surface area (Å²) >= 11 is 0. The van der Waals surface area contributed by atoms with Gasteiger partial charge in [0.05, 0.1) is 12.0 Å². The highest BCUT2D eigenvalue weighted by atomic mass is 16.2. The third-order valence-electron chi connectivity index (χ3n) is 2.71. The maximum Gasteiger partial charge on any atom is 0.225 e. The largest absolute Gasteiger partial charge is 0.340 e. The number of nitrogens with zero attached hydrogens (tertiary/aromatic N) is 1. The Kier molecular flexibility index (Phi) is 3.90. The number of nitriles is 1. The highest BCUT2D eigenvalue weighted by Gasteiger charge is 2.28. The molecule has 1 rings (SSSR count). The summed E-state index contributed by atoms with van der Waals surface area (Å²) in [5.41, 5.74) is 5.85. The molecule has 0 aromatic heterocycles. The van der Waals surface area contributed by atoms with Crippen LogP contribution in [0.2, 0.25) is 0 Å². The number of nitrogens with one attached hydrogen (secondary N) is 1. The lowest BCUT2D eigenvalue weighted by Gasteiger charge is -2.27. The molecule has 0 aliphatic heterocycles. The van der Waals surface area contributed by atoms with Gasteiger partial charge in [0.25, 0.3) is 0 Å². The van der Waals surface area contributed by atoms with Crippen molar-refractivity contribution in [3.05, 3.63) is 0 Å². The fourth-order valence-electron chi connectivity index (χ4n) is 1.84. The number of nitrogens with two attached hydrogens (primary N) is 1. The molecule has 78 valence electrons. The van der Waals surface area contributed by atoms with Gasteiger partial charge in [-0.25, -0.2) is 0 Å². The van der Waals surface area contributed by atoms with Crippen LogP contribution in [0.1, 0.15) is 32.6 Å². The summed E-state index contributed by atoms with van der Waals surface area (Å²) in [6, 6.07) is 1.52. The van der Waals surface area contributed by atoms with Gasteiger partial charge in [0.1, 0.15) is 6.04 Å². The van der Waals surface area contributed by atoms with Crippen LogP contribution < -0.4 is 11.1 Å². The quantitative estimate of drug-likeness (QED) is 0.674. The van der Waals surface area contributed by atoms with Gasteiger partial charge in [0.15, 0.2) is 0 Å². The van der Waals surface area contributed by atoms with Gasteiger partial charge in [-0.05, 0) is 19.8 Å². The summed E-state index contributed by atoms with van der Waals surface area (Å²) in [4.78, 5) is 11.6. The summed E-state index contributed by atoms with van der Waals surface area (Å²) in [5.74, 6) is -0.161. The number of rotatable bonds is 2. The molecule has 1 amide bonds. The minimum absolute atomic E-state index is 0.0327. The average molecular weight is 195 g/mol. The summed E-state index contributed by atoms with van der Waals surface area (Å²) in [5, 5.41) is 11.2. The maximum absolute atomic E-state index is 11.6. The van der Waals surface area contributed by atoms with Crippen molar-refractivity contribution in [1.29, 1.82) is 5.26 Å². The Morgan fingerprint density at radius 1 is 1.57 bits per heavy atom. The van der Waals surface area contributed by atoms with E-state index in [1.807, 2.05) is 6.07 Å². The molecule has 0 heterocycles. The zero-order valence-electron chi connectivity index (χ0n) is 8.49. The fourth-order valence-corrected chi connectivity index (χ4v) is 1.84. The lowest BCUT2D eigenvalue weighted by atomic mass is 9.84. The monoisotopic (exact) mass is 195 g/mol. The van der Waals surface area contributed by atoms with Crippen molar-refractivity contribution in [1.82, 2.24) is 5.32 Å². The SMILES string of the molecule is CC(C#N)NC(=O)[C@@H]1CCCC[C@@H]1N. The Morgan fingerprint density at radius 3 is 2.79 bits per heavy atom. The summed E-state index contributed by atoms with van der Waals surface area (Å²) < 4.78 is 0. The van der Waals surface area contributed by atoms with E-state index in [9.17, 15) is 4.79 Å². The second-order valence-corrected chi connectivity index (χ2v) is 3.91. The van der Waals surface area contributed by atoms with Crippen LogP contribution in [0.25, 0.3) is 0 Å². The lowest BCUT2D eigenvalue weighted by Crippen LogP contribution is -2.45. The molecule has 4 nitrogen and oxygen atoms in total. The second kappa shape index (κ2) is 4.97. The van der Waals surface area contributed by atoms with Crippen LogP contribution in [0.5, 0.6) is 0 Å². The van der Waals surface area contributed by atoms with E-state index >= 15 is 0 Å². The normalized spacial score (nSPS) is 28.9. The highest BCUT2D eigenvalue weighted by Crippen LogP contribution is 2.22. The average Bonchev–Trinajstić information content (AvgIpc) is 2.18. The van der Waals surface area contributed by atoms with Crippen LogP contribution in [0, 0.1) is 17.2 Å². The van der Waals surface area contributed by atoms with E-state index in [0.717, 1.165) is 25.7 Å². The van der Waals surface area contributed by atoms with Crippen LogP contribution in [-0.4, -0.2) is 18.0 Å². The molecule has 0 radical (unpaired) electrons. The van der Waals surface area contributed by atoms with Crippen molar-refractivity contribution in [2.24, 2.45) is 11.7 Å². The molecule has 1 aliphatic carbocycles. The summed E-state index contributed by atoms with van der Waals surface area (Å²) in [7, 11) is 0. The Balaban J connectivity index is 2.47. The molecular weight excluding hydrogens is 178 g/mol. The molecule has 1 unspecified atom stereocenters. The molecule has 14 heavy (non-hydrogen) atoms. The summed E-state index contributed by atoms with van der Waals surface area (Å²) in [6.07, 6.45) is 3.94.